The molecule has 3 aromatic rings. The van der Waals surface area contributed by atoms with Crippen LogP contribution in [0.1, 0.15) is 16.2 Å². The van der Waals surface area contributed by atoms with Gasteiger partial charge in [0.1, 0.15) is 5.75 Å². The molecule has 0 aliphatic heterocycles. The Bertz CT molecular complexity index is 965. The number of benzene rings is 2. The summed E-state index contributed by atoms with van der Waals surface area (Å²) in [4.78, 5) is 24.8. The number of nitro groups is 1. The number of nitrogens with one attached hydrogen (secondary N) is 2. The van der Waals surface area contributed by atoms with Crippen LogP contribution in [0.25, 0.3) is 10.8 Å². The maximum Gasteiger partial charge on any atom is 0.454 e. The third-order valence-corrected chi connectivity index (χ3v) is 3.16. The van der Waals surface area contributed by atoms with E-state index in [-0.39, 0.29) is 5.75 Å². The molecule has 10 heteroatoms. The fourth-order valence-corrected chi connectivity index (χ4v) is 2.06. The first-order chi connectivity index (χ1) is 11.6. The van der Waals surface area contributed by atoms with E-state index in [1.807, 2.05) is 23.3 Å². The molecule has 120 valence electrons. The highest BCUT2D eigenvalue weighted by Gasteiger charge is 2.20. The Labute approximate surface area is 134 Å². The molecule has 3 rings (SSSR count). The van der Waals surface area contributed by atoms with Crippen LogP contribution in [-0.4, -0.2) is 37.3 Å². The zero-order valence-electron chi connectivity index (χ0n) is 12.0. The zero-order valence-corrected chi connectivity index (χ0v) is 12.0. The summed E-state index contributed by atoms with van der Waals surface area (Å²) in [6.07, 6.45) is 1.27. The van der Waals surface area contributed by atoms with Gasteiger partial charge >= 0.3 is 17.7 Å². The molecule has 0 saturated carbocycles. The van der Waals surface area contributed by atoms with Gasteiger partial charge in [0, 0.05) is 5.56 Å². The molecule has 10 nitrogen and oxygen atoms in total. The van der Waals surface area contributed by atoms with Gasteiger partial charge in [-0.05, 0) is 26.7 Å². The van der Waals surface area contributed by atoms with Gasteiger partial charge in [-0.2, -0.15) is 5.10 Å². The van der Waals surface area contributed by atoms with Gasteiger partial charge in [-0.15, -0.1) is 5.10 Å². The van der Waals surface area contributed by atoms with Crippen LogP contribution in [0.2, 0.25) is 0 Å². The number of carbonyl (C=O) groups is 1. The minimum atomic E-state index is -0.824. The Morgan fingerprint density at radius 2 is 2.12 bits per heavy atom. The molecule has 0 radical (unpaired) electrons. The van der Waals surface area contributed by atoms with Gasteiger partial charge in [0.25, 0.3) is 0 Å². The number of carbonyl (C=O) groups excluding carboxylic acids is 1. The molecular weight excluding hydrogens is 316 g/mol. The van der Waals surface area contributed by atoms with E-state index in [4.69, 9.17) is 0 Å². The highest BCUT2D eigenvalue weighted by Crippen LogP contribution is 2.25. The molecule has 3 N–H and O–H groups in total. The fourth-order valence-electron chi connectivity index (χ4n) is 2.06. The number of aromatic hydroxyl groups is 1. The van der Waals surface area contributed by atoms with Crippen molar-refractivity contribution >= 4 is 28.8 Å². The lowest BCUT2D eigenvalue weighted by Gasteiger charge is -2.04. The second kappa shape index (κ2) is 6.12. The van der Waals surface area contributed by atoms with Crippen molar-refractivity contribution in [2.45, 2.75) is 0 Å². The van der Waals surface area contributed by atoms with Gasteiger partial charge in [-0.3, -0.25) is 4.79 Å². The Balaban J connectivity index is 1.80. The average molecular weight is 326 g/mol. The van der Waals surface area contributed by atoms with Crippen molar-refractivity contribution in [2.75, 3.05) is 0 Å². The number of aromatic amines is 1. The molecule has 0 aliphatic rings. The van der Waals surface area contributed by atoms with Crippen LogP contribution >= 0.6 is 0 Å². The third kappa shape index (κ3) is 2.88. The first kappa shape index (κ1) is 15.1. The molecule has 1 heterocycles. The van der Waals surface area contributed by atoms with Crippen LogP contribution in [0, 0.1) is 10.1 Å². The van der Waals surface area contributed by atoms with Gasteiger partial charge in [0.05, 0.1) is 6.21 Å². The Morgan fingerprint density at radius 3 is 2.88 bits per heavy atom. The third-order valence-electron chi connectivity index (χ3n) is 3.16. The summed E-state index contributed by atoms with van der Waals surface area (Å²) >= 11 is 0. The summed E-state index contributed by atoms with van der Waals surface area (Å²) in [7, 11) is 0. The molecule has 0 fully saturated rings. The molecule has 0 saturated heterocycles. The number of fused-ring (bicyclic) bond motifs is 1. The summed E-state index contributed by atoms with van der Waals surface area (Å²) in [5.74, 6) is -1.88. The molecule has 1 aromatic heterocycles. The van der Waals surface area contributed by atoms with Gasteiger partial charge in [-0.25, -0.2) is 5.43 Å². The zero-order chi connectivity index (χ0) is 17.1. The summed E-state index contributed by atoms with van der Waals surface area (Å²) in [5.41, 5.74) is 2.57. The average Bonchev–Trinajstić information content (AvgIpc) is 3.07. The Morgan fingerprint density at radius 1 is 1.33 bits per heavy atom. The molecule has 2 aromatic carbocycles. The smallest absolute Gasteiger partial charge is 0.454 e. The maximum absolute atomic E-state index is 11.8. The normalized spacial score (nSPS) is 11.0. The molecule has 1 amide bonds. The van der Waals surface area contributed by atoms with E-state index in [9.17, 15) is 20.0 Å². The van der Waals surface area contributed by atoms with Gasteiger partial charge < -0.3 is 15.2 Å². The number of rotatable bonds is 4. The monoisotopic (exact) mass is 326 g/mol. The number of hydrogen-bond acceptors (Lipinski definition) is 7. The van der Waals surface area contributed by atoms with E-state index >= 15 is 0 Å². The standard InChI is InChI=1S/C14H10N6O4/c21-11-6-5-8-3-1-2-4-9(8)10(11)7-15-18-13(22)12-16-14(19-17-12)20(23)24/h1-7,21H,(H,18,22)(H,16,17,19). The molecule has 0 bridgehead atoms. The number of nitrogens with zero attached hydrogens (tertiary/aromatic N) is 4. The number of hydrogen-bond donors (Lipinski definition) is 3. The molecular formula is C14H10N6O4. The summed E-state index contributed by atoms with van der Waals surface area (Å²) in [5, 5.41) is 31.2. The quantitative estimate of drug-likeness (QED) is 0.374. The van der Waals surface area contributed by atoms with Crippen LogP contribution in [0.5, 0.6) is 5.75 Å². The summed E-state index contributed by atoms with van der Waals surface area (Å²) < 4.78 is 0. The van der Waals surface area contributed by atoms with Crippen molar-refractivity contribution in [1.82, 2.24) is 20.6 Å². The maximum atomic E-state index is 11.8. The minimum absolute atomic E-state index is 0.000214. The number of hydrazone groups is 1. The van der Waals surface area contributed by atoms with Gasteiger partial charge in [-0.1, -0.05) is 35.4 Å². The molecule has 24 heavy (non-hydrogen) atoms. The van der Waals surface area contributed by atoms with E-state index < -0.39 is 22.6 Å². The highest BCUT2D eigenvalue weighted by molar-refractivity contribution is 6.02. The summed E-state index contributed by atoms with van der Waals surface area (Å²) in [6.45, 7) is 0. The van der Waals surface area contributed by atoms with Gasteiger partial charge in [0.15, 0.2) is 0 Å². The van der Waals surface area contributed by atoms with Gasteiger partial charge in [0.2, 0.25) is 0 Å². The summed E-state index contributed by atoms with van der Waals surface area (Å²) in [6, 6.07) is 10.6. The molecule has 0 atom stereocenters. The number of phenols is 1. The largest absolute Gasteiger partial charge is 0.507 e. The van der Waals surface area contributed by atoms with E-state index in [1.54, 1.807) is 12.1 Å². The fraction of sp³-hybridized carbons (Fsp3) is 0. The molecule has 0 unspecified atom stereocenters. The Hall–Kier alpha value is -3.82. The van der Waals surface area contributed by atoms with Crippen molar-refractivity contribution in [3.63, 3.8) is 0 Å². The lowest BCUT2D eigenvalue weighted by Crippen LogP contribution is -2.19. The number of amides is 1. The van der Waals surface area contributed by atoms with E-state index in [1.165, 1.54) is 12.3 Å². The predicted octanol–water partition coefficient (Wildman–Crippen LogP) is 1.34. The second-order valence-corrected chi connectivity index (χ2v) is 4.66. The lowest BCUT2D eigenvalue weighted by molar-refractivity contribution is -0.394. The van der Waals surface area contributed by atoms with Crippen molar-refractivity contribution in [1.29, 1.82) is 0 Å². The second-order valence-electron chi connectivity index (χ2n) is 4.66. The van der Waals surface area contributed by atoms with Crippen molar-refractivity contribution < 1.29 is 14.8 Å². The first-order valence-corrected chi connectivity index (χ1v) is 6.67. The highest BCUT2D eigenvalue weighted by atomic mass is 16.6. The number of phenolic OH excluding ortho intramolecular Hbond substituents is 1. The lowest BCUT2D eigenvalue weighted by atomic mass is 10.0. The van der Waals surface area contributed by atoms with Crippen molar-refractivity contribution in [2.24, 2.45) is 5.10 Å². The van der Waals surface area contributed by atoms with Crippen LogP contribution in [0.4, 0.5) is 5.95 Å². The van der Waals surface area contributed by atoms with Crippen LogP contribution in [0.3, 0.4) is 0 Å². The predicted molar refractivity (Wildman–Crippen MR) is 83.7 cm³/mol. The first-order valence-electron chi connectivity index (χ1n) is 6.67. The van der Waals surface area contributed by atoms with Crippen LogP contribution in [0.15, 0.2) is 41.5 Å². The minimum Gasteiger partial charge on any atom is -0.507 e. The van der Waals surface area contributed by atoms with Crippen LogP contribution in [-0.2, 0) is 0 Å². The number of H-pyrrole nitrogens is 1. The van der Waals surface area contributed by atoms with Crippen molar-refractivity contribution in [3.05, 3.63) is 57.9 Å². The molecule has 0 aliphatic carbocycles. The molecule has 0 spiro atoms. The van der Waals surface area contributed by atoms with Crippen LogP contribution < -0.4 is 5.43 Å². The topological polar surface area (TPSA) is 146 Å². The number of aromatic nitrogens is 3. The van der Waals surface area contributed by atoms with E-state index in [0.717, 1.165) is 10.8 Å². The Kier molecular flexibility index (Phi) is 3.85. The SMILES string of the molecule is O=C(NN=Cc1c(O)ccc2ccccc12)c1n[nH]c([N+](=O)[O-])n1. The van der Waals surface area contributed by atoms with E-state index in [0.29, 0.717) is 5.56 Å². The van der Waals surface area contributed by atoms with E-state index in [2.05, 4.69) is 20.6 Å². The van der Waals surface area contributed by atoms with Crippen molar-refractivity contribution in [3.8, 4) is 5.75 Å².